The Hall–Kier alpha value is -1.63. The number of carbonyl (C=O) groups excluding carboxylic acids is 1. The van der Waals surface area contributed by atoms with Gasteiger partial charge in [0.2, 0.25) is 0 Å². The molecular weight excluding hydrogens is 332 g/mol. The number of carbonyl (C=O) groups is 1. The van der Waals surface area contributed by atoms with Crippen LogP contribution in [0.2, 0.25) is 10.0 Å². The Bertz CT molecular complexity index is 790. The van der Waals surface area contributed by atoms with Crippen LogP contribution in [0.1, 0.15) is 10.5 Å². The van der Waals surface area contributed by atoms with Crippen molar-refractivity contribution in [2.45, 2.75) is 6.10 Å². The molecule has 1 atom stereocenters. The van der Waals surface area contributed by atoms with E-state index >= 15 is 0 Å². The third-order valence-corrected chi connectivity index (χ3v) is 4.46. The molecule has 0 bridgehead atoms. The van der Waals surface area contributed by atoms with Crippen LogP contribution in [-0.2, 0) is 4.74 Å². The van der Waals surface area contributed by atoms with Crippen LogP contribution in [0.25, 0.3) is 10.9 Å². The van der Waals surface area contributed by atoms with Crippen molar-refractivity contribution >= 4 is 45.7 Å². The van der Waals surface area contributed by atoms with Crippen LogP contribution in [0.15, 0.2) is 12.1 Å². The molecule has 0 unspecified atom stereocenters. The summed E-state index contributed by atoms with van der Waals surface area (Å²) in [6.45, 7) is 0.451. The number of nitrogens with zero attached hydrogens (tertiary/aromatic N) is 1. The molecule has 1 aliphatic heterocycles. The van der Waals surface area contributed by atoms with E-state index in [0.717, 1.165) is 0 Å². The number of halogens is 3. The normalized spacial score (nSPS) is 18.5. The number of aromatic amines is 1. The Morgan fingerprint density at radius 2 is 2.18 bits per heavy atom. The predicted molar refractivity (Wildman–Crippen MR) is 82.7 cm³/mol. The minimum atomic E-state index is -0.600. The van der Waals surface area contributed by atoms with Crippen molar-refractivity contribution in [1.29, 1.82) is 5.41 Å². The number of benzene rings is 1. The summed E-state index contributed by atoms with van der Waals surface area (Å²) in [5, 5.41) is 8.02. The van der Waals surface area contributed by atoms with Crippen molar-refractivity contribution in [2.75, 3.05) is 20.2 Å². The molecule has 2 N–H and O–H groups in total. The summed E-state index contributed by atoms with van der Waals surface area (Å²) in [5.41, 5.74) is 0.943. The second-order valence-corrected chi connectivity index (χ2v) is 5.79. The zero-order valence-electron chi connectivity index (χ0n) is 11.5. The van der Waals surface area contributed by atoms with Gasteiger partial charge >= 0.3 is 0 Å². The lowest BCUT2D eigenvalue weighted by Crippen LogP contribution is -2.30. The number of nitrogens with one attached hydrogen (secondary N) is 2. The summed E-state index contributed by atoms with van der Waals surface area (Å²) in [6, 6.07) is 2.68. The van der Waals surface area contributed by atoms with E-state index in [1.165, 1.54) is 24.1 Å². The third-order valence-electron chi connectivity index (χ3n) is 3.72. The number of hydrogen-bond donors (Lipinski definition) is 2. The van der Waals surface area contributed by atoms with Gasteiger partial charge in [0.1, 0.15) is 17.6 Å². The second kappa shape index (κ2) is 5.53. The SMILES string of the molecule is CO[C@@H]1CN(C(=O)c2[nH]c3ccc(F)c(Cl)c3c2Cl)CC1=N. The molecule has 1 aliphatic rings. The van der Waals surface area contributed by atoms with Gasteiger partial charge in [-0.3, -0.25) is 4.79 Å². The number of rotatable bonds is 2. The summed E-state index contributed by atoms with van der Waals surface area (Å²) in [7, 11) is 1.49. The fourth-order valence-corrected chi connectivity index (χ4v) is 3.18. The van der Waals surface area contributed by atoms with E-state index in [4.69, 9.17) is 33.3 Å². The Labute approximate surface area is 135 Å². The van der Waals surface area contributed by atoms with Gasteiger partial charge in [0.15, 0.2) is 0 Å². The maximum Gasteiger partial charge on any atom is 0.272 e. The van der Waals surface area contributed by atoms with Gasteiger partial charge < -0.3 is 20.0 Å². The highest BCUT2D eigenvalue weighted by Gasteiger charge is 2.33. The van der Waals surface area contributed by atoms with Gasteiger partial charge in [0.25, 0.3) is 5.91 Å². The van der Waals surface area contributed by atoms with Crippen molar-refractivity contribution < 1.29 is 13.9 Å². The van der Waals surface area contributed by atoms with Crippen LogP contribution in [0.5, 0.6) is 0 Å². The molecule has 1 fully saturated rings. The zero-order chi connectivity index (χ0) is 16.0. The van der Waals surface area contributed by atoms with Crippen LogP contribution in [0.3, 0.4) is 0 Å². The molecule has 0 aliphatic carbocycles. The number of ether oxygens (including phenoxy) is 1. The zero-order valence-corrected chi connectivity index (χ0v) is 13.1. The largest absolute Gasteiger partial charge is 0.374 e. The molecule has 1 aromatic carbocycles. The van der Waals surface area contributed by atoms with E-state index in [2.05, 4.69) is 4.98 Å². The molecule has 22 heavy (non-hydrogen) atoms. The summed E-state index contributed by atoms with van der Waals surface area (Å²) in [6.07, 6.45) is -0.409. The molecule has 1 saturated heterocycles. The van der Waals surface area contributed by atoms with Crippen molar-refractivity contribution in [3.63, 3.8) is 0 Å². The number of H-pyrrole nitrogens is 1. The number of amides is 1. The lowest BCUT2D eigenvalue weighted by Gasteiger charge is -2.14. The van der Waals surface area contributed by atoms with Gasteiger partial charge in [-0.15, -0.1) is 0 Å². The molecule has 0 spiro atoms. The molecule has 2 heterocycles. The van der Waals surface area contributed by atoms with E-state index in [1.807, 2.05) is 0 Å². The fourth-order valence-electron chi connectivity index (χ4n) is 2.54. The van der Waals surface area contributed by atoms with Crippen LogP contribution in [0, 0.1) is 11.2 Å². The first-order chi connectivity index (χ1) is 10.4. The van der Waals surface area contributed by atoms with Gasteiger partial charge in [0, 0.05) is 18.0 Å². The quantitative estimate of drug-likeness (QED) is 0.879. The van der Waals surface area contributed by atoms with Gasteiger partial charge in [-0.25, -0.2) is 4.39 Å². The van der Waals surface area contributed by atoms with E-state index < -0.39 is 11.9 Å². The Morgan fingerprint density at radius 1 is 1.45 bits per heavy atom. The Balaban J connectivity index is 2.01. The average molecular weight is 344 g/mol. The van der Waals surface area contributed by atoms with Gasteiger partial charge in [-0.05, 0) is 12.1 Å². The molecule has 116 valence electrons. The van der Waals surface area contributed by atoms with E-state index in [1.54, 1.807) is 0 Å². The highest BCUT2D eigenvalue weighted by Crippen LogP contribution is 2.35. The number of methoxy groups -OCH3 is 1. The van der Waals surface area contributed by atoms with Crippen LogP contribution < -0.4 is 0 Å². The van der Waals surface area contributed by atoms with Crippen LogP contribution >= 0.6 is 23.2 Å². The second-order valence-electron chi connectivity index (χ2n) is 5.03. The van der Waals surface area contributed by atoms with Crippen molar-refractivity contribution in [1.82, 2.24) is 9.88 Å². The average Bonchev–Trinajstić information content (AvgIpc) is 3.03. The van der Waals surface area contributed by atoms with E-state index in [9.17, 15) is 9.18 Å². The summed E-state index contributed by atoms with van der Waals surface area (Å²) in [4.78, 5) is 16.9. The third kappa shape index (κ3) is 2.27. The lowest BCUT2D eigenvalue weighted by molar-refractivity contribution is 0.0732. The maximum atomic E-state index is 13.5. The molecule has 5 nitrogen and oxygen atoms in total. The van der Waals surface area contributed by atoms with Crippen molar-refractivity contribution in [2.24, 2.45) is 0 Å². The summed E-state index contributed by atoms with van der Waals surface area (Å²) in [5.74, 6) is -0.974. The van der Waals surface area contributed by atoms with Gasteiger partial charge in [0.05, 0.1) is 28.8 Å². The first kappa shape index (κ1) is 15.3. The number of aromatic nitrogens is 1. The predicted octanol–water partition coefficient (Wildman–Crippen LogP) is 3.10. The Kier molecular flexibility index (Phi) is 3.84. The smallest absolute Gasteiger partial charge is 0.272 e. The number of hydrogen-bond acceptors (Lipinski definition) is 3. The molecule has 0 radical (unpaired) electrons. The fraction of sp³-hybridized carbons (Fsp3) is 0.286. The minimum Gasteiger partial charge on any atom is -0.374 e. The Morgan fingerprint density at radius 3 is 2.82 bits per heavy atom. The molecule has 8 heteroatoms. The van der Waals surface area contributed by atoms with Crippen LogP contribution in [-0.4, -0.2) is 47.8 Å². The highest BCUT2D eigenvalue weighted by atomic mass is 35.5. The topological polar surface area (TPSA) is 69.2 Å². The van der Waals surface area contributed by atoms with Crippen molar-refractivity contribution in [3.8, 4) is 0 Å². The van der Waals surface area contributed by atoms with Gasteiger partial charge in [-0.1, -0.05) is 23.2 Å². The minimum absolute atomic E-state index is 0.0805. The van der Waals surface area contributed by atoms with Gasteiger partial charge in [-0.2, -0.15) is 0 Å². The van der Waals surface area contributed by atoms with Crippen LogP contribution in [0.4, 0.5) is 4.39 Å². The standard InChI is InChI=1S/C14H12Cl2FN3O2/c1-22-9-5-20(4-7(9)18)14(21)13-12(16)10-8(19-13)3-2-6(17)11(10)15/h2-3,9,18-19H,4-5H2,1H3/t9-/m1/s1. The monoisotopic (exact) mass is 343 g/mol. The van der Waals surface area contributed by atoms with Crippen molar-refractivity contribution in [3.05, 3.63) is 33.7 Å². The molecule has 3 rings (SSSR count). The first-order valence-corrected chi connectivity index (χ1v) is 7.24. The molecule has 1 amide bonds. The van der Waals surface area contributed by atoms with E-state index in [-0.39, 0.29) is 40.1 Å². The lowest BCUT2D eigenvalue weighted by atomic mass is 10.2. The summed E-state index contributed by atoms with van der Waals surface area (Å²) < 4.78 is 18.7. The van der Waals surface area contributed by atoms with E-state index in [0.29, 0.717) is 11.2 Å². The molecule has 0 saturated carbocycles. The first-order valence-electron chi connectivity index (χ1n) is 6.48. The maximum absolute atomic E-state index is 13.5. The summed E-state index contributed by atoms with van der Waals surface area (Å²) >= 11 is 12.1. The molecule has 2 aromatic rings. The number of fused-ring (bicyclic) bond motifs is 1. The number of likely N-dealkylation sites (tertiary alicyclic amines) is 1. The molecular formula is C14H12Cl2FN3O2. The molecule has 1 aromatic heterocycles. The highest BCUT2D eigenvalue weighted by molar-refractivity contribution is 6.44.